The molecule has 0 bridgehead atoms. The van der Waals surface area contributed by atoms with Crippen molar-refractivity contribution in [2.24, 2.45) is 11.8 Å². The number of hydrogen-bond donors (Lipinski definition) is 8. The second kappa shape index (κ2) is 21.3. The van der Waals surface area contributed by atoms with Crippen LogP contribution in [0.25, 0.3) is 10.8 Å². The van der Waals surface area contributed by atoms with E-state index in [4.69, 9.17) is 4.74 Å². The average Bonchev–Trinajstić information content (AvgIpc) is 3.90. The molecule has 63 heavy (non-hydrogen) atoms. The molecule has 0 aromatic heterocycles. The zero-order valence-electron chi connectivity index (χ0n) is 35.7. The lowest BCUT2D eigenvalue weighted by Crippen LogP contribution is -2.62. The first kappa shape index (κ1) is 47.9. The summed E-state index contributed by atoms with van der Waals surface area (Å²) in [4.78, 5) is 118. The minimum atomic E-state index is -1.59. The molecule has 3 fully saturated rings. The summed E-state index contributed by atoms with van der Waals surface area (Å²) in [5.74, 6) is -9.62. The van der Waals surface area contributed by atoms with Crippen LogP contribution in [0.1, 0.15) is 97.0 Å². The van der Waals surface area contributed by atoms with Gasteiger partial charge in [0.1, 0.15) is 35.7 Å². The van der Waals surface area contributed by atoms with E-state index in [9.17, 15) is 58.5 Å². The van der Waals surface area contributed by atoms with E-state index in [0.29, 0.717) is 12.8 Å². The van der Waals surface area contributed by atoms with Gasteiger partial charge in [-0.15, -0.1) is 0 Å². The van der Waals surface area contributed by atoms with E-state index in [-0.39, 0.29) is 32.4 Å². The highest BCUT2D eigenvalue weighted by Crippen LogP contribution is 2.36. The van der Waals surface area contributed by atoms with Crippen molar-refractivity contribution in [3.8, 4) is 0 Å². The summed E-state index contributed by atoms with van der Waals surface area (Å²) >= 11 is 0. The van der Waals surface area contributed by atoms with Crippen molar-refractivity contribution in [3.05, 3.63) is 48.0 Å². The normalized spacial score (nSPS) is 20.1. The molecule has 8 N–H and O–H groups in total. The summed E-state index contributed by atoms with van der Waals surface area (Å²) in [5, 5.41) is 43.3. The van der Waals surface area contributed by atoms with Gasteiger partial charge in [0.2, 0.25) is 35.4 Å². The van der Waals surface area contributed by atoms with Crippen molar-refractivity contribution in [1.29, 1.82) is 0 Å². The number of carbonyl (C=O) groups excluding carboxylic acids is 6. The number of amides is 6. The van der Waals surface area contributed by atoms with E-state index in [1.54, 1.807) is 13.8 Å². The van der Waals surface area contributed by atoms with Crippen molar-refractivity contribution in [2.75, 3.05) is 6.54 Å². The van der Waals surface area contributed by atoms with Gasteiger partial charge >= 0.3 is 17.9 Å². The van der Waals surface area contributed by atoms with Crippen molar-refractivity contribution < 1.29 is 63.2 Å². The first-order chi connectivity index (χ1) is 29.9. The van der Waals surface area contributed by atoms with Gasteiger partial charge in [-0.05, 0) is 60.3 Å². The fourth-order valence-electron chi connectivity index (χ4n) is 8.37. The van der Waals surface area contributed by atoms with Gasteiger partial charge in [-0.1, -0.05) is 75.6 Å². The maximum atomic E-state index is 14.7. The van der Waals surface area contributed by atoms with Crippen molar-refractivity contribution in [1.82, 2.24) is 31.5 Å². The monoisotopic (exact) mass is 878 g/mol. The number of fused-ring (bicyclic) bond motifs is 1. The third-order valence-electron chi connectivity index (χ3n) is 12.0. The molecule has 1 saturated heterocycles. The zero-order valence-corrected chi connectivity index (χ0v) is 35.7. The highest BCUT2D eigenvalue weighted by atomic mass is 16.5. The zero-order chi connectivity index (χ0) is 46.0. The topological polar surface area (TPSA) is 287 Å². The first-order valence-electron chi connectivity index (χ1n) is 21.4. The number of ether oxygens (including phenoxy) is 1. The van der Waals surface area contributed by atoms with Crippen LogP contribution in [-0.4, -0.2) is 122 Å². The first-order valence-corrected chi connectivity index (χ1v) is 21.4. The molecule has 2 aliphatic carbocycles. The van der Waals surface area contributed by atoms with Crippen molar-refractivity contribution in [3.63, 3.8) is 0 Å². The van der Waals surface area contributed by atoms with E-state index in [1.165, 1.54) is 4.90 Å². The van der Waals surface area contributed by atoms with Gasteiger partial charge in [0.05, 0.1) is 19.1 Å². The molecule has 6 atom stereocenters. The molecule has 2 aromatic carbocycles. The Morgan fingerprint density at radius 1 is 0.794 bits per heavy atom. The molecule has 2 aromatic rings. The Morgan fingerprint density at radius 2 is 1.46 bits per heavy atom. The van der Waals surface area contributed by atoms with Crippen LogP contribution in [0.15, 0.2) is 42.5 Å². The number of carboxylic acids is 3. The molecule has 0 radical (unpaired) electrons. The highest BCUT2D eigenvalue weighted by molar-refractivity contribution is 5.98. The van der Waals surface area contributed by atoms with E-state index in [0.717, 1.165) is 42.5 Å². The van der Waals surface area contributed by atoms with E-state index < -0.39 is 126 Å². The standard InChI is InChI=1S/C44H58N6O13/c1-24(2)36(42(60)50-22-29(20-33(50)40(58)49-44(18-19-44)43(61)62)63-23-28-14-9-13-26-10-7-8-15-30(26)28)47-41(59)37(27-11-5-4-6-12-27)48-38(56)31(16-17-34(52)53)46-39(57)32(21-35(54)55)45-25(3)51/h7-10,13-15,24,27,29,31-33,36-37H,4-6,11-12,16-23H2,1-3H3,(H,45,51)(H,46,57)(H,47,59)(H,48,56)(H,49,58)(H,52,53)(H,54,55)(H,61,62)/t29-,31-,32+,33+,36+,37+/m1/s1. The van der Waals surface area contributed by atoms with Crippen LogP contribution in [0, 0.1) is 11.8 Å². The number of carbonyl (C=O) groups is 9. The Bertz CT molecular complexity index is 2040. The number of nitrogens with one attached hydrogen (secondary N) is 5. The smallest absolute Gasteiger partial charge is 0.329 e. The number of nitrogens with zero attached hydrogens (tertiary/aromatic N) is 1. The summed E-state index contributed by atoms with van der Waals surface area (Å²) in [7, 11) is 0. The molecular formula is C44H58N6O13. The summed E-state index contributed by atoms with van der Waals surface area (Å²) in [6, 6.07) is 6.78. The highest BCUT2D eigenvalue weighted by Gasteiger charge is 2.54. The van der Waals surface area contributed by atoms with E-state index in [2.05, 4.69) is 26.6 Å². The second-order valence-electron chi connectivity index (χ2n) is 17.1. The molecule has 2 saturated carbocycles. The quantitative estimate of drug-likeness (QED) is 0.0886. The fourth-order valence-corrected chi connectivity index (χ4v) is 8.37. The number of rotatable bonds is 21. The number of carboxylic acid groups (broad SMARTS) is 3. The van der Waals surface area contributed by atoms with Gasteiger partial charge in [-0.25, -0.2) is 4.79 Å². The van der Waals surface area contributed by atoms with Gasteiger partial charge in [0.25, 0.3) is 0 Å². The number of likely N-dealkylation sites (tertiary alicyclic amines) is 1. The van der Waals surface area contributed by atoms with Crippen LogP contribution >= 0.6 is 0 Å². The van der Waals surface area contributed by atoms with Gasteiger partial charge in [-0.2, -0.15) is 0 Å². The third-order valence-corrected chi connectivity index (χ3v) is 12.0. The molecule has 5 rings (SSSR count). The molecule has 6 amide bonds. The Labute approximate surface area is 364 Å². The molecule has 0 unspecified atom stereocenters. The summed E-state index contributed by atoms with van der Waals surface area (Å²) in [6.45, 7) is 4.58. The van der Waals surface area contributed by atoms with Crippen LogP contribution in [0.4, 0.5) is 0 Å². The summed E-state index contributed by atoms with van der Waals surface area (Å²) < 4.78 is 6.33. The Morgan fingerprint density at radius 3 is 2.08 bits per heavy atom. The molecule has 1 heterocycles. The van der Waals surface area contributed by atoms with Crippen LogP contribution in [0.3, 0.4) is 0 Å². The van der Waals surface area contributed by atoms with E-state index in [1.807, 2.05) is 42.5 Å². The SMILES string of the molecule is CC(=O)N[C@@H](CC(=O)O)C(=O)N[C@H](CCC(=O)O)C(=O)N[C@H](C(=O)N[C@H](C(=O)N1C[C@H](OCc2cccc3ccccc23)C[C@H]1C(=O)NC1(C(=O)O)CC1)C(C)C)C1CCCCC1. The number of hydrogen-bond acceptors (Lipinski definition) is 10. The average molecular weight is 879 g/mol. The van der Waals surface area contributed by atoms with Crippen LogP contribution in [-0.2, 0) is 54.5 Å². The Balaban J connectivity index is 1.37. The van der Waals surface area contributed by atoms with E-state index >= 15 is 0 Å². The maximum Gasteiger partial charge on any atom is 0.329 e. The van der Waals surface area contributed by atoms with Gasteiger partial charge in [0.15, 0.2) is 0 Å². The van der Waals surface area contributed by atoms with Gasteiger partial charge in [-0.3, -0.25) is 38.4 Å². The number of aliphatic carboxylic acids is 3. The predicted molar refractivity (Wildman–Crippen MR) is 224 cm³/mol. The summed E-state index contributed by atoms with van der Waals surface area (Å²) in [5.41, 5.74) is -0.546. The minimum absolute atomic E-state index is 0.0457. The predicted octanol–water partition coefficient (Wildman–Crippen LogP) is 1.59. The Kier molecular flexibility index (Phi) is 16.2. The minimum Gasteiger partial charge on any atom is -0.481 e. The Hall–Kier alpha value is -6.11. The number of benzene rings is 2. The van der Waals surface area contributed by atoms with Crippen molar-refractivity contribution in [2.45, 2.75) is 140 Å². The molecule has 1 aliphatic heterocycles. The second-order valence-corrected chi connectivity index (χ2v) is 17.1. The van der Waals surface area contributed by atoms with Gasteiger partial charge in [0, 0.05) is 26.3 Å². The van der Waals surface area contributed by atoms with Crippen LogP contribution < -0.4 is 26.6 Å². The van der Waals surface area contributed by atoms with Gasteiger partial charge < -0.3 is 51.5 Å². The van der Waals surface area contributed by atoms with Crippen molar-refractivity contribution >= 4 is 64.1 Å². The molecular weight excluding hydrogens is 821 g/mol. The molecule has 19 nitrogen and oxygen atoms in total. The molecule has 0 spiro atoms. The lowest BCUT2D eigenvalue weighted by Gasteiger charge is -2.35. The summed E-state index contributed by atoms with van der Waals surface area (Å²) in [6.07, 6.45) is 1.39. The molecule has 19 heteroatoms. The fraction of sp³-hybridized carbons (Fsp3) is 0.568. The lowest BCUT2D eigenvalue weighted by atomic mass is 9.83. The molecule has 3 aliphatic rings. The largest absolute Gasteiger partial charge is 0.481 e. The third kappa shape index (κ3) is 12.7. The van der Waals surface area contributed by atoms with Crippen LogP contribution in [0.5, 0.6) is 0 Å². The van der Waals surface area contributed by atoms with Crippen LogP contribution in [0.2, 0.25) is 0 Å². The molecule has 342 valence electrons. The lowest BCUT2D eigenvalue weighted by molar-refractivity contribution is -0.146. The maximum absolute atomic E-state index is 14.7.